The van der Waals surface area contributed by atoms with Crippen LogP contribution < -0.4 is 16.4 Å². The van der Waals surface area contributed by atoms with Gasteiger partial charge in [0.2, 0.25) is 15.9 Å². The minimum atomic E-state index is -3.90. The highest BCUT2D eigenvalue weighted by Crippen LogP contribution is 2.19. The number of nitrogens with two attached hydrogens (primary N) is 1. The highest BCUT2D eigenvalue weighted by atomic mass is 32.2. The largest absolute Gasteiger partial charge is 0.361 e. The van der Waals surface area contributed by atoms with Crippen LogP contribution in [-0.4, -0.2) is 68.2 Å². The van der Waals surface area contributed by atoms with Gasteiger partial charge in [-0.3, -0.25) is 19.2 Å². The molecule has 1 heterocycles. The Morgan fingerprint density at radius 1 is 1.38 bits per heavy atom. The summed E-state index contributed by atoms with van der Waals surface area (Å²) in [5.74, 6) is -3.27. The van der Waals surface area contributed by atoms with Gasteiger partial charge in [-0.25, -0.2) is 12.7 Å². The average Bonchev–Trinajstić information content (AvgIpc) is 2.71. The smallest absolute Gasteiger partial charge is 0.309 e. The van der Waals surface area contributed by atoms with E-state index in [1.54, 1.807) is 6.92 Å². The second-order valence-corrected chi connectivity index (χ2v) is 8.33. The van der Waals surface area contributed by atoms with Gasteiger partial charge in [-0.05, 0) is 31.7 Å². The van der Waals surface area contributed by atoms with Crippen molar-refractivity contribution in [1.82, 2.24) is 14.9 Å². The Hall–Kier alpha value is -2.01. The van der Waals surface area contributed by atoms with Gasteiger partial charge in [-0.1, -0.05) is 6.92 Å². The van der Waals surface area contributed by atoms with E-state index in [1.165, 1.54) is 0 Å². The van der Waals surface area contributed by atoms with Crippen LogP contribution in [0.2, 0.25) is 0 Å². The maximum Gasteiger partial charge on any atom is 0.309 e. The van der Waals surface area contributed by atoms with Crippen molar-refractivity contribution in [2.45, 2.75) is 38.6 Å². The third kappa shape index (κ3) is 6.71. The van der Waals surface area contributed by atoms with Crippen molar-refractivity contribution in [1.29, 1.82) is 0 Å². The molecule has 1 aliphatic rings. The van der Waals surface area contributed by atoms with Crippen molar-refractivity contribution < 1.29 is 27.6 Å². The van der Waals surface area contributed by atoms with Gasteiger partial charge in [0.15, 0.2) is 5.78 Å². The Morgan fingerprint density at radius 2 is 2.04 bits per heavy atom. The number of nitrogens with zero attached hydrogens (tertiary/aromatic N) is 1. The predicted octanol–water partition coefficient (Wildman–Crippen LogP) is -1.89. The van der Waals surface area contributed by atoms with Crippen molar-refractivity contribution in [3.05, 3.63) is 0 Å². The summed E-state index contributed by atoms with van der Waals surface area (Å²) in [5.41, 5.74) is 4.81. The number of sulfonamides is 1. The van der Waals surface area contributed by atoms with Crippen LogP contribution in [0.25, 0.3) is 0 Å². The highest BCUT2D eigenvalue weighted by Gasteiger charge is 2.36. The summed E-state index contributed by atoms with van der Waals surface area (Å²) in [6.07, 6.45) is 2.03. The molecule has 0 aliphatic carbocycles. The third-order valence-electron chi connectivity index (χ3n) is 4.06. The molecular weight excluding hydrogens is 364 g/mol. The zero-order valence-corrected chi connectivity index (χ0v) is 15.8. The number of carbonyl (C=O) groups excluding carboxylic acids is 4. The number of carbonyl (C=O) groups is 4. The SMILES string of the molecule is C[C@@H](CCNC(=O)C(N)=O)CC(=O)N(C1CCCNCC1=O)S(C)(=O)=O. The van der Waals surface area contributed by atoms with Gasteiger partial charge in [-0.15, -0.1) is 0 Å². The Morgan fingerprint density at radius 3 is 2.62 bits per heavy atom. The molecule has 0 bridgehead atoms. The number of hydrogen-bond donors (Lipinski definition) is 3. The summed E-state index contributed by atoms with van der Waals surface area (Å²) in [6, 6.07) is -0.991. The van der Waals surface area contributed by atoms with E-state index in [-0.39, 0.29) is 37.6 Å². The molecule has 2 atom stereocenters. The summed E-state index contributed by atoms with van der Waals surface area (Å²) < 4.78 is 24.9. The fourth-order valence-electron chi connectivity index (χ4n) is 2.76. The van der Waals surface area contributed by atoms with E-state index in [1.807, 2.05) is 0 Å². The minimum Gasteiger partial charge on any atom is -0.361 e. The molecule has 0 radical (unpaired) electrons. The van der Waals surface area contributed by atoms with E-state index < -0.39 is 33.8 Å². The number of Topliss-reactive ketones (excluding diaryl/α,β-unsaturated/α-hetero) is 1. The van der Waals surface area contributed by atoms with E-state index in [2.05, 4.69) is 10.6 Å². The lowest BCUT2D eigenvalue weighted by Crippen LogP contribution is -2.49. The van der Waals surface area contributed by atoms with Gasteiger partial charge >= 0.3 is 11.8 Å². The van der Waals surface area contributed by atoms with Gasteiger partial charge in [-0.2, -0.15) is 0 Å². The Balaban J connectivity index is 2.73. The lowest BCUT2D eigenvalue weighted by Gasteiger charge is -2.28. The molecule has 11 heteroatoms. The van der Waals surface area contributed by atoms with Gasteiger partial charge in [0.05, 0.1) is 12.8 Å². The van der Waals surface area contributed by atoms with Gasteiger partial charge in [0, 0.05) is 13.0 Å². The van der Waals surface area contributed by atoms with Crippen molar-refractivity contribution in [3.8, 4) is 0 Å². The number of primary amides is 1. The molecule has 1 saturated heterocycles. The van der Waals surface area contributed by atoms with Crippen LogP contribution in [0.1, 0.15) is 32.6 Å². The Kier molecular flexibility index (Phi) is 8.15. The van der Waals surface area contributed by atoms with Crippen LogP contribution in [0.5, 0.6) is 0 Å². The Labute approximate surface area is 152 Å². The van der Waals surface area contributed by atoms with Crippen LogP contribution in [0.3, 0.4) is 0 Å². The first-order valence-electron chi connectivity index (χ1n) is 8.37. The van der Waals surface area contributed by atoms with E-state index in [0.29, 0.717) is 23.7 Å². The quantitative estimate of drug-likeness (QED) is 0.429. The summed E-state index contributed by atoms with van der Waals surface area (Å²) >= 11 is 0. The van der Waals surface area contributed by atoms with Crippen molar-refractivity contribution in [3.63, 3.8) is 0 Å². The van der Waals surface area contributed by atoms with Crippen LogP contribution in [0, 0.1) is 5.92 Å². The maximum absolute atomic E-state index is 12.6. The molecule has 0 spiro atoms. The normalized spacial score (nSPS) is 19.3. The van der Waals surface area contributed by atoms with Gasteiger partial charge in [0.1, 0.15) is 6.04 Å². The number of nitrogens with one attached hydrogen (secondary N) is 2. The maximum atomic E-state index is 12.6. The molecule has 1 unspecified atom stereocenters. The zero-order chi connectivity index (χ0) is 19.9. The monoisotopic (exact) mass is 390 g/mol. The summed E-state index contributed by atoms with van der Waals surface area (Å²) in [5, 5.41) is 5.21. The average molecular weight is 390 g/mol. The molecular formula is C15H26N4O6S. The molecule has 1 aliphatic heterocycles. The number of ketones is 1. The molecule has 0 aromatic rings. The summed E-state index contributed by atoms with van der Waals surface area (Å²) in [7, 11) is -3.90. The predicted molar refractivity (Wildman–Crippen MR) is 93.2 cm³/mol. The second kappa shape index (κ2) is 9.62. The molecule has 0 saturated carbocycles. The first kappa shape index (κ1) is 22.0. The first-order valence-corrected chi connectivity index (χ1v) is 10.2. The fraction of sp³-hybridized carbons (Fsp3) is 0.733. The molecule has 1 fully saturated rings. The molecule has 148 valence electrons. The second-order valence-electron chi connectivity index (χ2n) is 6.47. The first-order chi connectivity index (χ1) is 12.0. The van der Waals surface area contributed by atoms with Crippen LogP contribution in [-0.2, 0) is 29.2 Å². The summed E-state index contributed by atoms with van der Waals surface area (Å²) in [6.45, 7) is 2.45. The van der Waals surface area contributed by atoms with E-state index in [9.17, 15) is 27.6 Å². The number of rotatable bonds is 7. The third-order valence-corrected chi connectivity index (χ3v) is 5.23. The Bertz CT molecular complexity index is 663. The summed E-state index contributed by atoms with van der Waals surface area (Å²) in [4.78, 5) is 46.5. The van der Waals surface area contributed by atoms with Gasteiger partial charge in [0.25, 0.3) is 0 Å². The van der Waals surface area contributed by atoms with E-state index in [4.69, 9.17) is 5.73 Å². The van der Waals surface area contributed by atoms with Crippen molar-refractivity contribution >= 4 is 33.5 Å². The molecule has 1 rings (SSSR count). The van der Waals surface area contributed by atoms with Crippen LogP contribution in [0.4, 0.5) is 0 Å². The number of amides is 3. The lowest BCUT2D eigenvalue weighted by molar-refractivity contribution is -0.137. The van der Waals surface area contributed by atoms with Crippen LogP contribution in [0.15, 0.2) is 0 Å². The molecule has 4 N–H and O–H groups in total. The topological polar surface area (TPSA) is 156 Å². The molecule has 3 amide bonds. The van der Waals surface area contributed by atoms with Gasteiger partial charge < -0.3 is 16.4 Å². The minimum absolute atomic E-state index is 0.0265. The van der Waals surface area contributed by atoms with Crippen LogP contribution >= 0.6 is 0 Å². The van der Waals surface area contributed by atoms with Crippen molar-refractivity contribution in [2.75, 3.05) is 25.9 Å². The van der Waals surface area contributed by atoms with Crippen molar-refractivity contribution in [2.24, 2.45) is 11.7 Å². The van der Waals surface area contributed by atoms with E-state index in [0.717, 1.165) is 6.26 Å². The zero-order valence-electron chi connectivity index (χ0n) is 15.0. The number of hydrogen-bond acceptors (Lipinski definition) is 7. The fourth-order valence-corrected chi connectivity index (χ4v) is 3.89. The standard InChI is InChI=1S/C15H26N4O6S/c1-10(5-7-18-15(23)14(16)22)8-13(21)19(26(2,24)25)11-4-3-6-17-9-12(11)20/h10-11,17H,3-9H2,1-2H3,(H2,16,22)(H,18,23)/t10-,11?/m0/s1. The molecule has 0 aromatic carbocycles. The molecule has 10 nitrogen and oxygen atoms in total. The highest BCUT2D eigenvalue weighted by molar-refractivity contribution is 7.88. The molecule has 26 heavy (non-hydrogen) atoms. The lowest BCUT2D eigenvalue weighted by atomic mass is 10.0. The van der Waals surface area contributed by atoms with E-state index >= 15 is 0 Å². The molecule has 0 aromatic heterocycles.